The summed E-state index contributed by atoms with van der Waals surface area (Å²) in [5, 5.41) is 22.4. The molecular formula is C6H16Cl2N2O2. The van der Waals surface area contributed by atoms with Crippen LogP contribution in [-0.4, -0.2) is 37.4 Å². The van der Waals surface area contributed by atoms with Gasteiger partial charge in [-0.25, -0.2) is 0 Å². The Morgan fingerprint density at radius 3 is 2.00 bits per heavy atom. The summed E-state index contributed by atoms with van der Waals surface area (Å²) in [7, 11) is 0. The minimum Gasteiger partial charge on any atom is -0.634 e. The van der Waals surface area contributed by atoms with E-state index in [1.165, 1.54) is 0 Å². The summed E-state index contributed by atoms with van der Waals surface area (Å²) in [6.07, 6.45) is 0. The van der Waals surface area contributed by atoms with E-state index < -0.39 is 0 Å². The molecule has 0 bridgehead atoms. The Bertz CT molecular complexity index is 118. The van der Waals surface area contributed by atoms with E-state index in [1.54, 1.807) is 0 Å². The van der Waals surface area contributed by atoms with E-state index in [4.69, 9.17) is 0 Å². The molecule has 1 rings (SSSR count). The van der Waals surface area contributed by atoms with Crippen molar-refractivity contribution < 1.29 is 9.71 Å². The van der Waals surface area contributed by atoms with Gasteiger partial charge in [0.2, 0.25) is 0 Å². The Morgan fingerprint density at radius 1 is 1.25 bits per heavy atom. The standard InChI is InChI=1S/C6H14N2O2.2ClH/c1-2-8(10)5-3-7(9)4-6-8;;/h7H,2-6H2,1H3;2*1H. The minimum atomic E-state index is -0.161. The molecule has 0 unspecified atom stereocenters. The van der Waals surface area contributed by atoms with E-state index in [9.17, 15) is 10.4 Å². The topological polar surface area (TPSA) is 50.6 Å². The van der Waals surface area contributed by atoms with E-state index in [0.717, 1.165) is 0 Å². The number of hydrogen-bond donors (Lipinski definition) is 1. The Balaban J connectivity index is 0. The molecule has 6 heteroatoms. The molecule has 0 saturated carbocycles. The Hall–Kier alpha value is 0.420. The highest BCUT2D eigenvalue weighted by atomic mass is 35.5. The van der Waals surface area contributed by atoms with E-state index in [2.05, 4.69) is 0 Å². The summed E-state index contributed by atoms with van der Waals surface area (Å²) in [5.74, 6) is 0. The van der Waals surface area contributed by atoms with Gasteiger partial charge in [0.1, 0.15) is 26.2 Å². The molecule has 1 fully saturated rings. The van der Waals surface area contributed by atoms with Gasteiger partial charge >= 0.3 is 0 Å². The molecule has 76 valence electrons. The van der Waals surface area contributed by atoms with Crippen molar-refractivity contribution in [2.24, 2.45) is 0 Å². The molecule has 12 heavy (non-hydrogen) atoms. The average Bonchev–Trinajstić information content (AvgIpc) is 1.96. The number of halogens is 2. The summed E-state index contributed by atoms with van der Waals surface area (Å²) in [4.78, 5) is 0. The van der Waals surface area contributed by atoms with Gasteiger partial charge in [-0.1, -0.05) is 0 Å². The third-order valence-electron chi connectivity index (χ3n) is 2.17. The molecule has 4 nitrogen and oxygen atoms in total. The summed E-state index contributed by atoms with van der Waals surface area (Å²) in [6, 6.07) is 0. The van der Waals surface area contributed by atoms with Gasteiger partial charge in [0.15, 0.2) is 0 Å². The number of hydrogen-bond acceptors (Lipinski definition) is 2. The molecule has 1 heterocycles. The van der Waals surface area contributed by atoms with Crippen LogP contribution >= 0.6 is 24.8 Å². The van der Waals surface area contributed by atoms with Crippen LogP contribution in [0.25, 0.3) is 0 Å². The highest BCUT2D eigenvalue weighted by Crippen LogP contribution is 2.02. The lowest BCUT2D eigenvalue weighted by atomic mass is 10.3. The van der Waals surface area contributed by atoms with Crippen LogP contribution in [0.3, 0.4) is 0 Å². The summed E-state index contributed by atoms with van der Waals surface area (Å²) in [5.41, 5.74) is 0. The van der Waals surface area contributed by atoms with Crippen LogP contribution in [0.1, 0.15) is 6.92 Å². The second-order valence-electron chi connectivity index (χ2n) is 2.86. The largest absolute Gasteiger partial charge is 0.634 e. The van der Waals surface area contributed by atoms with Crippen LogP contribution < -0.4 is 5.06 Å². The third kappa shape index (κ3) is 3.89. The van der Waals surface area contributed by atoms with Crippen molar-refractivity contribution in [3.8, 4) is 0 Å². The molecule has 0 aliphatic carbocycles. The van der Waals surface area contributed by atoms with E-state index in [0.29, 0.717) is 32.7 Å². The van der Waals surface area contributed by atoms with Gasteiger partial charge in [-0.2, -0.15) is 0 Å². The first-order valence-electron chi connectivity index (χ1n) is 3.75. The third-order valence-corrected chi connectivity index (χ3v) is 2.17. The number of nitrogens with one attached hydrogen (secondary N) is 1. The second-order valence-corrected chi connectivity index (χ2v) is 2.86. The lowest BCUT2D eigenvalue weighted by Crippen LogP contribution is -3.11. The molecular weight excluding hydrogens is 203 g/mol. The second kappa shape index (κ2) is 5.96. The lowest BCUT2D eigenvalue weighted by Gasteiger charge is -2.46. The molecule has 0 atom stereocenters. The zero-order valence-electron chi connectivity index (χ0n) is 7.12. The monoisotopic (exact) mass is 218 g/mol. The summed E-state index contributed by atoms with van der Waals surface area (Å²) < 4.78 is -0.161. The first-order valence-corrected chi connectivity index (χ1v) is 3.75. The Labute approximate surface area is 85.1 Å². The first-order chi connectivity index (χ1) is 4.66. The van der Waals surface area contributed by atoms with Gasteiger partial charge in [0.25, 0.3) is 0 Å². The highest BCUT2D eigenvalue weighted by molar-refractivity contribution is 5.85. The fourth-order valence-corrected chi connectivity index (χ4v) is 1.21. The number of rotatable bonds is 1. The number of hydroxylamine groups is 5. The summed E-state index contributed by atoms with van der Waals surface area (Å²) in [6.45, 7) is 4.44. The van der Waals surface area contributed by atoms with Crippen molar-refractivity contribution >= 4 is 24.8 Å². The number of piperazine rings is 1. The Morgan fingerprint density at radius 2 is 1.67 bits per heavy atom. The quantitative estimate of drug-likeness (QED) is 0.480. The molecule has 0 amide bonds. The fourth-order valence-electron chi connectivity index (χ4n) is 1.21. The van der Waals surface area contributed by atoms with Gasteiger partial charge in [-0.05, 0) is 6.92 Å². The number of likely N-dealkylation sites (N-methyl/N-ethyl adjacent to an activating group) is 1. The van der Waals surface area contributed by atoms with Crippen molar-refractivity contribution in [1.29, 1.82) is 0 Å². The van der Waals surface area contributed by atoms with Crippen LogP contribution in [0.2, 0.25) is 0 Å². The van der Waals surface area contributed by atoms with Crippen LogP contribution in [0, 0.1) is 10.4 Å². The van der Waals surface area contributed by atoms with Crippen molar-refractivity contribution in [3.05, 3.63) is 10.4 Å². The normalized spacial score (nSPS) is 34.8. The van der Waals surface area contributed by atoms with Gasteiger partial charge in [-0.3, -0.25) is 0 Å². The molecule has 1 aliphatic heterocycles. The predicted molar refractivity (Wildman–Crippen MR) is 52.5 cm³/mol. The molecule has 0 aromatic heterocycles. The van der Waals surface area contributed by atoms with E-state index >= 15 is 0 Å². The van der Waals surface area contributed by atoms with Crippen LogP contribution in [-0.2, 0) is 0 Å². The number of nitrogens with zero attached hydrogens (tertiary/aromatic N) is 1. The molecule has 0 radical (unpaired) electrons. The van der Waals surface area contributed by atoms with Gasteiger partial charge in [-0.15, -0.1) is 24.8 Å². The van der Waals surface area contributed by atoms with Crippen molar-refractivity contribution in [3.63, 3.8) is 0 Å². The molecule has 1 saturated heterocycles. The SMILES string of the molecule is CC[N+]1([O-])CC[NH+]([O-])CC1.Cl.Cl. The lowest BCUT2D eigenvalue weighted by molar-refractivity contribution is -0.977. The minimum absolute atomic E-state index is 0. The molecule has 0 aromatic carbocycles. The van der Waals surface area contributed by atoms with Crippen LogP contribution in [0.5, 0.6) is 0 Å². The van der Waals surface area contributed by atoms with Crippen molar-refractivity contribution in [2.45, 2.75) is 6.92 Å². The van der Waals surface area contributed by atoms with Gasteiger partial charge < -0.3 is 20.1 Å². The van der Waals surface area contributed by atoms with Crippen LogP contribution in [0.4, 0.5) is 0 Å². The maximum Gasteiger partial charge on any atom is 0.129 e. The van der Waals surface area contributed by atoms with Gasteiger partial charge in [0, 0.05) is 0 Å². The van der Waals surface area contributed by atoms with Gasteiger partial charge in [0.05, 0.1) is 6.54 Å². The molecule has 0 spiro atoms. The zero-order chi connectivity index (χ0) is 7.61. The zero-order valence-corrected chi connectivity index (χ0v) is 8.75. The average molecular weight is 219 g/mol. The predicted octanol–water partition coefficient (Wildman–Crippen LogP) is -0.439. The molecule has 1 aliphatic rings. The number of quaternary nitrogens is 2. The molecule has 0 aromatic rings. The summed E-state index contributed by atoms with van der Waals surface area (Å²) >= 11 is 0. The highest BCUT2D eigenvalue weighted by Gasteiger charge is 2.22. The van der Waals surface area contributed by atoms with E-state index in [-0.39, 0.29) is 34.5 Å². The Kier molecular flexibility index (Phi) is 7.41. The molecule has 1 N–H and O–H groups in total. The fraction of sp³-hybridized carbons (Fsp3) is 1.00. The maximum atomic E-state index is 11.4. The van der Waals surface area contributed by atoms with Crippen molar-refractivity contribution in [1.82, 2.24) is 0 Å². The van der Waals surface area contributed by atoms with Crippen LogP contribution in [0.15, 0.2) is 0 Å². The van der Waals surface area contributed by atoms with E-state index in [1.807, 2.05) is 6.92 Å². The smallest absolute Gasteiger partial charge is 0.129 e. The van der Waals surface area contributed by atoms with Crippen molar-refractivity contribution in [2.75, 3.05) is 32.7 Å². The maximum absolute atomic E-state index is 11.4. The first kappa shape index (κ1) is 14.9.